The number of benzene rings is 1. The summed E-state index contributed by atoms with van der Waals surface area (Å²) in [5, 5.41) is 15.3. The SMILES string of the molecule is COC(=O)[C@]1(Sc2ccccc2)C[C@H](OCC#N)[C@@H](NC(C)=O)[C@H]([C@H](OC(C)=O)[C@@H](CN=[N+]=[N-])OC(C)=O)O1. The minimum atomic E-state index is -1.83. The highest BCUT2D eigenvalue weighted by atomic mass is 32.2. The van der Waals surface area contributed by atoms with Crippen LogP contribution in [0.5, 0.6) is 0 Å². The Morgan fingerprint density at radius 3 is 2.44 bits per heavy atom. The summed E-state index contributed by atoms with van der Waals surface area (Å²) in [7, 11) is 1.16. The molecule has 0 radical (unpaired) electrons. The molecule has 1 aliphatic heterocycles. The van der Waals surface area contributed by atoms with Crippen molar-refractivity contribution >= 4 is 35.6 Å². The van der Waals surface area contributed by atoms with Gasteiger partial charge in [-0.15, -0.1) is 0 Å². The van der Waals surface area contributed by atoms with Gasteiger partial charge < -0.3 is 29.0 Å². The number of nitriles is 1. The number of hydrogen-bond acceptors (Lipinski definition) is 12. The molecule has 2 rings (SSSR count). The molecule has 1 aromatic rings. The molecule has 1 fully saturated rings. The summed E-state index contributed by atoms with van der Waals surface area (Å²) in [6.45, 7) is 2.54. The summed E-state index contributed by atoms with van der Waals surface area (Å²) in [4.78, 5) is 51.2. The summed E-state index contributed by atoms with van der Waals surface area (Å²) < 4.78 is 28.0. The third kappa shape index (κ3) is 8.86. The molecule has 1 amide bonds. The number of ether oxygens (including phenoxy) is 5. The zero-order valence-electron chi connectivity index (χ0n) is 21.8. The number of thioether (sulfide) groups is 1. The Balaban J connectivity index is 2.75. The first-order valence-corrected chi connectivity index (χ1v) is 12.5. The van der Waals surface area contributed by atoms with Crippen molar-refractivity contribution in [1.82, 2.24) is 5.32 Å². The van der Waals surface area contributed by atoms with E-state index in [9.17, 15) is 24.4 Å². The number of methoxy groups -OCH3 is 1. The largest absolute Gasteiger partial charge is 0.466 e. The van der Waals surface area contributed by atoms with E-state index in [2.05, 4.69) is 15.3 Å². The second-order valence-electron chi connectivity index (χ2n) is 8.32. The van der Waals surface area contributed by atoms with Gasteiger partial charge in [-0.2, -0.15) is 5.26 Å². The molecule has 0 unspecified atom stereocenters. The van der Waals surface area contributed by atoms with Crippen LogP contribution in [0, 0.1) is 11.3 Å². The highest BCUT2D eigenvalue weighted by Gasteiger charge is 2.58. The molecule has 1 saturated heterocycles. The quantitative estimate of drug-likeness (QED) is 0.128. The van der Waals surface area contributed by atoms with Gasteiger partial charge in [-0.25, -0.2) is 4.79 Å². The lowest BCUT2D eigenvalue weighted by Gasteiger charge is -2.48. The molecular weight excluding hydrogens is 534 g/mol. The van der Waals surface area contributed by atoms with Gasteiger partial charge >= 0.3 is 17.9 Å². The highest BCUT2D eigenvalue weighted by molar-refractivity contribution is 8.01. The van der Waals surface area contributed by atoms with Crippen molar-refractivity contribution in [1.29, 1.82) is 5.26 Å². The number of nitrogens with zero attached hydrogens (tertiary/aromatic N) is 4. The molecule has 39 heavy (non-hydrogen) atoms. The lowest BCUT2D eigenvalue weighted by molar-refractivity contribution is -0.219. The normalized spacial score (nSPS) is 23.6. The first-order chi connectivity index (χ1) is 18.6. The Labute approximate surface area is 228 Å². The molecule has 1 N–H and O–H groups in total. The lowest BCUT2D eigenvalue weighted by atomic mass is 9.89. The number of azide groups is 1. The van der Waals surface area contributed by atoms with Crippen LogP contribution >= 0.6 is 11.8 Å². The highest BCUT2D eigenvalue weighted by Crippen LogP contribution is 2.45. The zero-order valence-corrected chi connectivity index (χ0v) is 22.6. The number of amides is 1. The van der Waals surface area contributed by atoms with Gasteiger partial charge in [0, 0.05) is 37.0 Å². The van der Waals surface area contributed by atoms with E-state index < -0.39 is 72.4 Å². The van der Waals surface area contributed by atoms with Crippen molar-refractivity contribution in [3.63, 3.8) is 0 Å². The van der Waals surface area contributed by atoms with Gasteiger partial charge in [0.1, 0.15) is 18.8 Å². The molecule has 1 aromatic carbocycles. The molecule has 14 nitrogen and oxygen atoms in total. The van der Waals surface area contributed by atoms with Crippen molar-refractivity contribution in [2.75, 3.05) is 20.3 Å². The summed E-state index contributed by atoms with van der Waals surface area (Å²) in [5.41, 5.74) is 8.89. The maximum Gasteiger partial charge on any atom is 0.349 e. The van der Waals surface area contributed by atoms with Crippen molar-refractivity contribution < 1.29 is 42.9 Å². The number of carbonyl (C=O) groups is 4. The van der Waals surface area contributed by atoms with Crippen LogP contribution in [0.4, 0.5) is 0 Å². The Bertz CT molecular complexity index is 1120. The fourth-order valence-corrected chi connectivity index (χ4v) is 5.34. The standard InChI is InChI=1S/C24H29N5O9S/c1-14(30)28-20-18(35-11-10-25)12-24(23(33)34-4,39-17-8-6-5-7-9-17)38-22(20)21(37-16(3)32)19(13-27-29-26)36-15(2)31/h5-9,18-22H,11-13H2,1-4H3,(H,28,30)/t18-,19+,20+,21+,22+,24+/m0/s1. The van der Waals surface area contributed by atoms with Crippen molar-refractivity contribution in [3.05, 3.63) is 40.8 Å². The number of nitrogens with one attached hydrogen (secondary N) is 1. The first-order valence-electron chi connectivity index (χ1n) is 11.7. The summed E-state index contributed by atoms with van der Waals surface area (Å²) in [5.74, 6) is -2.95. The monoisotopic (exact) mass is 563 g/mol. The molecule has 0 bridgehead atoms. The van der Waals surface area contributed by atoms with Gasteiger partial charge in [0.25, 0.3) is 0 Å². The fraction of sp³-hybridized carbons (Fsp3) is 0.542. The van der Waals surface area contributed by atoms with Crippen LogP contribution in [0.25, 0.3) is 10.4 Å². The number of esters is 3. The second-order valence-corrected chi connectivity index (χ2v) is 9.65. The van der Waals surface area contributed by atoms with Crippen LogP contribution in [0.3, 0.4) is 0 Å². The Morgan fingerprint density at radius 2 is 1.90 bits per heavy atom. The van der Waals surface area contributed by atoms with Gasteiger partial charge in [0.15, 0.2) is 6.10 Å². The predicted octanol–water partition coefficient (Wildman–Crippen LogP) is 2.02. The number of hydrogen-bond donors (Lipinski definition) is 1. The zero-order chi connectivity index (χ0) is 29.0. The van der Waals surface area contributed by atoms with Gasteiger partial charge in [0.2, 0.25) is 10.8 Å². The topological polar surface area (TPSA) is 199 Å². The average molecular weight is 564 g/mol. The Morgan fingerprint density at radius 1 is 1.23 bits per heavy atom. The number of carbonyl (C=O) groups excluding carboxylic acids is 4. The molecular formula is C24H29N5O9S. The summed E-state index contributed by atoms with van der Waals surface area (Å²) in [6, 6.07) is 9.47. The molecule has 6 atom stereocenters. The predicted molar refractivity (Wildman–Crippen MR) is 135 cm³/mol. The van der Waals surface area contributed by atoms with E-state index >= 15 is 0 Å². The van der Waals surface area contributed by atoms with E-state index in [0.29, 0.717) is 4.90 Å². The molecule has 0 aliphatic carbocycles. The molecule has 210 valence electrons. The Kier molecular flexibility index (Phi) is 12.0. The maximum atomic E-state index is 13.3. The van der Waals surface area contributed by atoms with Gasteiger partial charge in [-0.3, -0.25) is 14.4 Å². The fourth-order valence-electron chi connectivity index (χ4n) is 4.09. The van der Waals surface area contributed by atoms with Gasteiger partial charge in [-0.1, -0.05) is 35.1 Å². The van der Waals surface area contributed by atoms with Crippen LogP contribution in [0.1, 0.15) is 27.2 Å². The minimum absolute atomic E-state index is 0.191. The van der Waals surface area contributed by atoms with Gasteiger partial charge in [-0.05, 0) is 17.7 Å². The Hall–Kier alpha value is -3.83. The third-order valence-electron chi connectivity index (χ3n) is 5.44. The van der Waals surface area contributed by atoms with Crippen LogP contribution in [-0.4, -0.2) is 79.5 Å². The average Bonchev–Trinajstić information content (AvgIpc) is 2.89. The molecule has 1 aliphatic rings. The van der Waals surface area contributed by atoms with E-state index in [1.54, 1.807) is 30.3 Å². The second kappa shape index (κ2) is 14.9. The molecule has 0 aromatic heterocycles. The first kappa shape index (κ1) is 31.4. The molecule has 1 heterocycles. The van der Waals surface area contributed by atoms with Gasteiger partial charge in [0.05, 0.1) is 31.9 Å². The third-order valence-corrected chi connectivity index (χ3v) is 6.71. The van der Waals surface area contributed by atoms with E-state index in [1.807, 2.05) is 6.07 Å². The maximum absolute atomic E-state index is 13.3. The van der Waals surface area contributed by atoms with E-state index in [-0.39, 0.29) is 6.42 Å². The van der Waals surface area contributed by atoms with E-state index in [0.717, 1.165) is 32.7 Å². The smallest absolute Gasteiger partial charge is 0.349 e. The number of rotatable bonds is 12. The minimum Gasteiger partial charge on any atom is -0.466 e. The van der Waals surface area contributed by atoms with Crippen LogP contribution in [-0.2, 0) is 42.9 Å². The summed E-state index contributed by atoms with van der Waals surface area (Å²) in [6.07, 6.45) is -5.52. The van der Waals surface area contributed by atoms with Crippen LogP contribution in [0.2, 0.25) is 0 Å². The molecule has 0 spiro atoms. The van der Waals surface area contributed by atoms with Crippen molar-refractivity contribution in [2.24, 2.45) is 5.11 Å². The van der Waals surface area contributed by atoms with E-state index in [1.165, 1.54) is 6.92 Å². The van der Waals surface area contributed by atoms with Crippen molar-refractivity contribution in [3.8, 4) is 6.07 Å². The summed E-state index contributed by atoms with van der Waals surface area (Å²) >= 11 is 0.984. The molecule has 15 heteroatoms. The lowest BCUT2D eigenvalue weighted by Crippen LogP contribution is -2.67. The van der Waals surface area contributed by atoms with Crippen LogP contribution < -0.4 is 5.32 Å². The van der Waals surface area contributed by atoms with E-state index in [4.69, 9.17) is 29.2 Å². The molecule has 0 saturated carbocycles. The van der Waals surface area contributed by atoms with Crippen LogP contribution in [0.15, 0.2) is 40.3 Å². The van der Waals surface area contributed by atoms with Crippen molar-refractivity contribution in [2.45, 2.75) is 67.5 Å².